The van der Waals surface area contributed by atoms with Gasteiger partial charge in [0.25, 0.3) is 0 Å². The van der Waals surface area contributed by atoms with Crippen LogP contribution in [0.25, 0.3) is 10.6 Å². The van der Waals surface area contributed by atoms with Crippen LogP contribution in [0.5, 0.6) is 0 Å². The number of thiazole rings is 1. The molecule has 122 valence electrons. The van der Waals surface area contributed by atoms with E-state index in [1.165, 1.54) is 0 Å². The topological polar surface area (TPSA) is 71.1 Å². The number of carbonyl (C=O) groups is 2. The number of nitrogens with one attached hydrogen (secondary N) is 2. The summed E-state index contributed by atoms with van der Waals surface area (Å²) in [6.45, 7) is 3.11. The van der Waals surface area contributed by atoms with Crippen LogP contribution in [0.4, 0.5) is 0 Å². The van der Waals surface area contributed by atoms with Gasteiger partial charge in [-0.25, -0.2) is 4.98 Å². The zero-order valence-corrected chi connectivity index (χ0v) is 14.6. The Morgan fingerprint density at radius 3 is 3.13 bits per heavy atom. The van der Waals surface area contributed by atoms with Crippen LogP contribution in [0.2, 0.25) is 0 Å². The molecule has 1 fully saturated rings. The van der Waals surface area contributed by atoms with E-state index < -0.39 is 0 Å². The summed E-state index contributed by atoms with van der Waals surface area (Å²) in [5.41, 5.74) is 0.910. The lowest BCUT2D eigenvalue weighted by Crippen LogP contribution is -2.42. The summed E-state index contributed by atoms with van der Waals surface area (Å²) in [7, 11) is 0. The first-order chi connectivity index (χ1) is 11.1. The number of amides is 2. The summed E-state index contributed by atoms with van der Waals surface area (Å²) in [4.78, 5) is 30.6. The molecule has 0 radical (unpaired) electrons. The van der Waals surface area contributed by atoms with Crippen molar-refractivity contribution >= 4 is 34.5 Å². The second-order valence-electron chi connectivity index (χ2n) is 5.59. The summed E-state index contributed by atoms with van der Waals surface area (Å²) in [5, 5.41) is 8.71. The van der Waals surface area contributed by atoms with Crippen molar-refractivity contribution in [1.29, 1.82) is 0 Å². The van der Waals surface area contributed by atoms with E-state index in [1.807, 2.05) is 24.4 Å². The number of aryl methyl sites for hydroxylation is 1. The van der Waals surface area contributed by atoms with Gasteiger partial charge in [0.1, 0.15) is 0 Å². The Morgan fingerprint density at radius 2 is 2.39 bits per heavy atom. The van der Waals surface area contributed by atoms with Gasteiger partial charge in [0.2, 0.25) is 11.8 Å². The second-order valence-corrected chi connectivity index (χ2v) is 7.83. The Balaban J connectivity index is 1.61. The molecule has 1 atom stereocenters. The van der Waals surface area contributed by atoms with E-state index in [4.69, 9.17) is 0 Å². The number of thiophene rings is 1. The maximum Gasteiger partial charge on any atom is 0.225 e. The van der Waals surface area contributed by atoms with Gasteiger partial charge in [0.15, 0.2) is 0 Å². The van der Waals surface area contributed by atoms with Crippen LogP contribution in [0.1, 0.15) is 22.7 Å². The minimum absolute atomic E-state index is 0.0458. The van der Waals surface area contributed by atoms with Gasteiger partial charge in [-0.2, -0.15) is 0 Å². The molecule has 1 unspecified atom stereocenters. The van der Waals surface area contributed by atoms with Crippen molar-refractivity contribution < 1.29 is 9.59 Å². The van der Waals surface area contributed by atoms with Gasteiger partial charge in [-0.3, -0.25) is 9.59 Å². The van der Waals surface area contributed by atoms with Crippen LogP contribution in [-0.4, -0.2) is 29.9 Å². The van der Waals surface area contributed by atoms with E-state index in [9.17, 15) is 9.59 Å². The van der Waals surface area contributed by atoms with Crippen molar-refractivity contribution in [2.75, 3.05) is 13.1 Å². The zero-order valence-electron chi connectivity index (χ0n) is 12.9. The van der Waals surface area contributed by atoms with Crippen LogP contribution in [0, 0.1) is 12.8 Å². The molecule has 3 rings (SSSR count). The Hall–Kier alpha value is -1.73. The fourth-order valence-electron chi connectivity index (χ4n) is 2.67. The molecule has 0 bridgehead atoms. The molecule has 0 aliphatic carbocycles. The second kappa shape index (κ2) is 7.23. The lowest BCUT2D eigenvalue weighted by molar-refractivity contribution is -0.127. The van der Waals surface area contributed by atoms with Gasteiger partial charge in [-0.15, -0.1) is 22.7 Å². The normalized spacial score (nSPS) is 17.8. The van der Waals surface area contributed by atoms with Crippen LogP contribution in [-0.2, 0) is 16.0 Å². The van der Waals surface area contributed by atoms with Crippen molar-refractivity contribution in [3.8, 4) is 10.6 Å². The summed E-state index contributed by atoms with van der Waals surface area (Å²) in [6, 6.07) is 4.01. The highest BCUT2D eigenvalue weighted by Crippen LogP contribution is 2.31. The summed E-state index contributed by atoms with van der Waals surface area (Å²) >= 11 is 3.18. The summed E-state index contributed by atoms with van der Waals surface area (Å²) < 4.78 is 0. The van der Waals surface area contributed by atoms with Crippen molar-refractivity contribution in [2.45, 2.75) is 26.2 Å². The summed E-state index contributed by atoms with van der Waals surface area (Å²) in [6.07, 6.45) is 2.13. The maximum absolute atomic E-state index is 12.2. The van der Waals surface area contributed by atoms with Crippen molar-refractivity contribution in [3.63, 3.8) is 0 Å². The SMILES string of the molecule is Cc1nc(-c2cccs2)c(CC(=O)NCC2CCCNC2=O)s1. The molecule has 2 amide bonds. The van der Waals surface area contributed by atoms with Gasteiger partial charge in [0, 0.05) is 18.0 Å². The number of carbonyl (C=O) groups excluding carboxylic acids is 2. The molecule has 0 saturated carbocycles. The van der Waals surface area contributed by atoms with E-state index in [1.54, 1.807) is 22.7 Å². The van der Waals surface area contributed by atoms with Gasteiger partial charge in [-0.05, 0) is 31.2 Å². The lowest BCUT2D eigenvalue weighted by atomic mass is 9.99. The van der Waals surface area contributed by atoms with E-state index in [0.717, 1.165) is 39.8 Å². The zero-order chi connectivity index (χ0) is 16.2. The van der Waals surface area contributed by atoms with E-state index >= 15 is 0 Å². The third kappa shape index (κ3) is 3.97. The van der Waals surface area contributed by atoms with Gasteiger partial charge < -0.3 is 10.6 Å². The number of nitrogens with zero attached hydrogens (tertiary/aromatic N) is 1. The predicted octanol–water partition coefficient (Wildman–Crippen LogP) is 2.36. The highest BCUT2D eigenvalue weighted by molar-refractivity contribution is 7.15. The maximum atomic E-state index is 12.2. The van der Waals surface area contributed by atoms with Crippen LogP contribution in [0.15, 0.2) is 17.5 Å². The van der Waals surface area contributed by atoms with E-state index in [2.05, 4.69) is 15.6 Å². The van der Waals surface area contributed by atoms with Crippen LogP contribution < -0.4 is 10.6 Å². The Labute approximate surface area is 143 Å². The molecule has 1 saturated heterocycles. The molecule has 1 aliphatic rings. The minimum Gasteiger partial charge on any atom is -0.356 e. The Kier molecular flexibility index (Phi) is 5.07. The largest absolute Gasteiger partial charge is 0.356 e. The first kappa shape index (κ1) is 16.1. The fourth-order valence-corrected chi connectivity index (χ4v) is 4.43. The molecule has 3 heterocycles. The highest BCUT2D eigenvalue weighted by atomic mass is 32.1. The van der Waals surface area contributed by atoms with E-state index in [0.29, 0.717) is 13.0 Å². The molecule has 0 aromatic carbocycles. The molecular weight excluding hydrogens is 330 g/mol. The molecule has 1 aliphatic heterocycles. The average Bonchev–Trinajstić information content (AvgIpc) is 3.16. The minimum atomic E-state index is -0.104. The molecule has 0 spiro atoms. The van der Waals surface area contributed by atoms with Crippen molar-refractivity contribution in [2.24, 2.45) is 5.92 Å². The van der Waals surface area contributed by atoms with Crippen molar-refractivity contribution in [3.05, 3.63) is 27.4 Å². The Bertz CT molecular complexity index is 694. The smallest absolute Gasteiger partial charge is 0.225 e. The molecule has 2 aromatic rings. The monoisotopic (exact) mass is 349 g/mol. The first-order valence-corrected chi connectivity index (χ1v) is 9.37. The third-order valence-corrected chi connectivity index (χ3v) is 5.67. The average molecular weight is 349 g/mol. The molecule has 5 nitrogen and oxygen atoms in total. The van der Waals surface area contributed by atoms with Crippen LogP contribution >= 0.6 is 22.7 Å². The van der Waals surface area contributed by atoms with Crippen molar-refractivity contribution in [1.82, 2.24) is 15.6 Å². The first-order valence-electron chi connectivity index (χ1n) is 7.68. The quantitative estimate of drug-likeness (QED) is 0.870. The standard InChI is InChI=1S/C16H19N3O2S2/c1-10-19-15(12-5-3-7-22-12)13(23-10)8-14(20)18-9-11-4-2-6-17-16(11)21/h3,5,7,11H,2,4,6,8-9H2,1H3,(H,17,21)(H,18,20). The van der Waals surface area contributed by atoms with Gasteiger partial charge in [0.05, 0.1) is 27.9 Å². The Morgan fingerprint density at radius 1 is 1.52 bits per heavy atom. The molecule has 2 aromatic heterocycles. The summed E-state index contributed by atoms with van der Waals surface area (Å²) in [5.74, 6) is -0.109. The fraction of sp³-hybridized carbons (Fsp3) is 0.438. The highest BCUT2D eigenvalue weighted by Gasteiger charge is 2.23. The van der Waals surface area contributed by atoms with Gasteiger partial charge in [-0.1, -0.05) is 6.07 Å². The predicted molar refractivity (Wildman–Crippen MR) is 92.6 cm³/mol. The molecular formula is C16H19N3O2S2. The number of hydrogen-bond acceptors (Lipinski definition) is 5. The van der Waals surface area contributed by atoms with Crippen LogP contribution in [0.3, 0.4) is 0 Å². The third-order valence-electron chi connectivity index (χ3n) is 3.82. The van der Waals surface area contributed by atoms with Gasteiger partial charge >= 0.3 is 0 Å². The molecule has 23 heavy (non-hydrogen) atoms. The van der Waals surface area contributed by atoms with E-state index in [-0.39, 0.29) is 17.7 Å². The number of hydrogen-bond donors (Lipinski definition) is 2. The number of aromatic nitrogens is 1. The molecule has 2 N–H and O–H groups in total. The molecule has 7 heteroatoms. The lowest BCUT2D eigenvalue weighted by Gasteiger charge is -2.21. The number of piperidine rings is 1. The number of rotatable bonds is 5.